The quantitative estimate of drug-likeness (QED) is 0.689. The average Bonchev–Trinajstić information content (AvgIpc) is 1.91. The molecule has 1 N–H and O–H groups in total. The maximum atomic E-state index is 12.6. The zero-order valence-electron chi connectivity index (χ0n) is 7.39. The van der Waals surface area contributed by atoms with Crippen molar-refractivity contribution in [1.82, 2.24) is 0 Å². The molecule has 1 aliphatic rings. The number of hydrogen-bond donors (Lipinski definition) is 1. The van der Waals surface area contributed by atoms with E-state index in [1.807, 2.05) is 0 Å². The zero-order valence-corrected chi connectivity index (χ0v) is 7.39. The highest BCUT2D eigenvalue weighted by molar-refractivity contribution is 4.78. The van der Waals surface area contributed by atoms with Gasteiger partial charge in [0, 0.05) is 6.42 Å². The molecule has 2 atom stereocenters. The number of alkyl halides is 2. The minimum Gasteiger partial charge on any atom is -0.393 e. The van der Waals surface area contributed by atoms with Crippen molar-refractivity contribution >= 4 is 0 Å². The Morgan fingerprint density at radius 2 is 1.92 bits per heavy atom. The van der Waals surface area contributed by atoms with Gasteiger partial charge in [-0.25, -0.2) is 8.78 Å². The standard InChI is InChI=1S/C9H16F2O/c1-9(10,11)6-7-4-2-3-5-8(7)12/h7-8,12H,2-6H2,1H3. The lowest BCUT2D eigenvalue weighted by Gasteiger charge is -2.29. The third kappa shape index (κ3) is 3.05. The fraction of sp³-hybridized carbons (Fsp3) is 1.00. The summed E-state index contributed by atoms with van der Waals surface area (Å²) in [5.41, 5.74) is 0. The second kappa shape index (κ2) is 3.69. The summed E-state index contributed by atoms with van der Waals surface area (Å²) in [5.74, 6) is -2.80. The molecule has 12 heavy (non-hydrogen) atoms. The fourth-order valence-corrected chi connectivity index (χ4v) is 1.89. The average molecular weight is 178 g/mol. The van der Waals surface area contributed by atoms with Gasteiger partial charge < -0.3 is 5.11 Å². The van der Waals surface area contributed by atoms with Gasteiger partial charge in [0.15, 0.2) is 0 Å². The van der Waals surface area contributed by atoms with Crippen LogP contribution >= 0.6 is 0 Å². The van der Waals surface area contributed by atoms with Crippen LogP contribution in [0.4, 0.5) is 8.78 Å². The van der Waals surface area contributed by atoms with Crippen LogP contribution in [0.2, 0.25) is 0 Å². The first-order valence-electron chi connectivity index (χ1n) is 4.55. The molecule has 0 aromatic heterocycles. The first-order valence-corrected chi connectivity index (χ1v) is 4.55. The maximum absolute atomic E-state index is 12.6. The molecule has 0 amide bonds. The molecule has 0 aromatic rings. The molecule has 0 aromatic carbocycles. The lowest BCUT2D eigenvalue weighted by molar-refractivity contribution is -0.0394. The van der Waals surface area contributed by atoms with Crippen molar-refractivity contribution in [3.8, 4) is 0 Å². The van der Waals surface area contributed by atoms with Crippen LogP contribution < -0.4 is 0 Å². The minimum absolute atomic E-state index is 0.159. The van der Waals surface area contributed by atoms with E-state index in [1.54, 1.807) is 0 Å². The van der Waals surface area contributed by atoms with Crippen LogP contribution in [-0.4, -0.2) is 17.1 Å². The maximum Gasteiger partial charge on any atom is 0.245 e. The summed E-state index contributed by atoms with van der Waals surface area (Å²) in [6.07, 6.45) is 2.76. The predicted octanol–water partition coefficient (Wildman–Crippen LogP) is 2.58. The van der Waals surface area contributed by atoms with Gasteiger partial charge in [0.2, 0.25) is 5.92 Å². The van der Waals surface area contributed by atoms with Crippen molar-refractivity contribution in [2.75, 3.05) is 0 Å². The topological polar surface area (TPSA) is 20.2 Å². The summed E-state index contributed by atoms with van der Waals surface area (Å²) >= 11 is 0. The van der Waals surface area contributed by atoms with Gasteiger partial charge in [-0.3, -0.25) is 0 Å². The van der Waals surface area contributed by atoms with Crippen molar-refractivity contribution in [2.45, 2.75) is 51.1 Å². The molecule has 1 saturated carbocycles. The number of hydrogen-bond acceptors (Lipinski definition) is 1. The number of aliphatic hydroxyl groups excluding tert-OH is 1. The Hall–Kier alpha value is -0.180. The molecule has 1 aliphatic carbocycles. The molecule has 0 aliphatic heterocycles. The van der Waals surface area contributed by atoms with Crippen LogP contribution in [0.25, 0.3) is 0 Å². The summed E-state index contributed by atoms with van der Waals surface area (Å²) in [6.45, 7) is 0.925. The molecule has 2 unspecified atom stereocenters. The van der Waals surface area contributed by atoms with E-state index >= 15 is 0 Å². The van der Waals surface area contributed by atoms with E-state index in [0.717, 1.165) is 26.2 Å². The Labute approximate surface area is 71.8 Å². The van der Waals surface area contributed by atoms with Crippen LogP contribution in [0.1, 0.15) is 39.0 Å². The SMILES string of the molecule is CC(F)(F)CC1CCCCC1O. The highest BCUT2D eigenvalue weighted by atomic mass is 19.3. The molecule has 1 fully saturated rings. The van der Waals surface area contributed by atoms with Crippen LogP contribution in [0.15, 0.2) is 0 Å². The molecule has 0 spiro atoms. The van der Waals surface area contributed by atoms with Crippen LogP contribution in [0.3, 0.4) is 0 Å². The second-order valence-electron chi connectivity index (χ2n) is 3.89. The van der Waals surface area contributed by atoms with E-state index in [1.165, 1.54) is 0 Å². The Morgan fingerprint density at radius 3 is 2.42 bits per heavy atom. The molecule has 0 bridgehead atoms. The highest BCUT2D eigenvalue weighted by Gasteiger charge is 2.32. The van der Waals surface area contributed by atoms with Gasteiger partial charge in [0.05, 0.1) is 6.10 Å². The minimum atomic E-state index is -2.62. The van der Waals surface area contributed by atoms with Gasteiger partial charge in [-0.05, 0) is 25.7 Å². The molecule has 72 valence electrons. The Kier molecular flexibility index (Phi) is 3.04. The van der Waals surface area contributed by atoms with E-state index in [-0.39, 0.29) is 12.3 Å². The summed E-state index contributed by atoms with van der Waals surface area (Å²) in [4.78, 5) is 0. The number of halogens is 2. The van der Waals surface area contributed by atoms with Gasteiger partial charge in [0.1, 0.15) is 0 Å². The lowest BCUT2D eigenvalue weighted by Crippen LogP contribution is -2.29. The number of rotatable bonds is 2. The van der Waals surface area contributed by atoms with E-state index in [9.17, 15) is 13.9 Å². The van der Waals surface area contributed by atoms with Crippen molar-refractivity contribution in [2.24, 2.45) is 5.92 Å². The molecule has 1 nitrogen and oxygen atoms in total. The molecular weight excluding hydrogens is 162 g/mol. The second-order valence-corrected chi connectivity index (χ2v) is 3.89. The lowest BCUT2D eigenvalue weighted by atomic mass is 9.83. The largest absolute Gasteiger partial charge is 0.393 e. The third-order valence-electron chi connectivity index (χ3n) is 2.49. The Morgan fingerprint density at radius 1 is 1.33 bits per heavy atom. The Balaban J connectivity index is 2.39. The van der Waals surface area contributed by atoms with Crippen LogP contribution in [0.5, 0.6) is 0 Å². The monoisotopic (exact) mass is 178 g/mol. The zero-order chi connectivity index (χ0) is 9.19. The van der Waals surface area contributed by atoms with Crippen molar-refractivity contribution in [3.05, 3.63) is 0 Å². The molecule has 0 heterocycles. The van der Waals surface area contributed by atoms with Gasteiger partial charge in [0.25, 0.3) is 0 Å². The Bertz CT molecular complexity index is 142. The highest BCUT2D eigenvalue weighted by Crippen LogP contribution is 2.33. The fourth-order valence-electron chi connectivity index (χ4n) is 1.89. The van der Waals surface area contributed by atoms with Crippen molar-refractivity contribution in [1.29, 1.82) is 0 Å². The third-order valence-corrected chi connectivity index (χ3v) is 2.49. The van der Waals surface area contributed by atoms with Crippen LogP contribution in [-0.2, 0) is 0 Å². The summed E-state index contributed by atoms with van der Waals surface area (Å²) in [5, 5.41) is 9.40. The van der Waals surface area contributed by atoms with Crippen molar-refractivity contribution in [3.63, 3.8) is 0 Å². The summed E-state index contributed by atoms with van der Waals surface area (Å²) in [7, 11) is 0. The smallest absolute Gasteiger partial charge is 0.245 e. The first kappa shape index (κ1) is 9.90. The normalized spacial score (nSPS) is 32.0. The summed E-state index contributed by atoms with van der Waals surface area (Å²) in [6, 6.07) is 0. The van der Waals surface area contributed by atoms with Gasteiger partial charge in [-0.2, -0.15) is 0 Å². The van der Waals surface area contributed by atoms with Gasteiger partial charge >= 0.3 is 0 Å². The van der Waals surface area contributed by atoms with E-state index < -0.39 is 12.0 Å². The van der Waals surface area contributed by atoms with Crippen molar-refractivity contribution < 1.29 is 13.9 Å². The van der Waals surface area contributed by atoms with E-state index in [4.69, 9.17) is 0 Å². The first-order chi connectivity index (χ1) is 5.49. The van der Waals surface area contributed by atoms with E-state index in [2.05, 4.69) is 0 Å². The molecule has 3 heteroatoms. The predicted molar refractivity (Wildman–Crippen MR) is 43.2 cm³/mol. The molecule has 1 rings (SSSR count). The molecular formula is C9H16F2O. The van der Waals surface area contributed by atoms with E-state index in [0.29, 0.717) is 6.42 Å². The molecule has 0 radical (unpaired) electrons. The summed E-state index contributed by atoms with van der Waals surface area (Å²) < 4.78 is 25.1. The van der Waals surface area contributed by atoms with Gasteiger partial charge in [-0.15, -0.1) is 0 Å². The van der Waals surface area contributed by atoms with Crippen LogP contribution in [0, 0.1) is 5.92 Å². The van der Waals surface area contributed by atoms with Gasteiger partial charge in [-0.1, -0.05) is 12.8 Å². The number of aliphatic hydroxyl groups is 1. The molecule has 0 saturated heterocycles.